The van der Waals surface area contributed by atoms with Crippen molar-refractivity contribution >= 4 is 6.29 Å². The summed E-state index contributed by atoms with van der Waals surface area (Å²) in [4.78, 5) is 10.2. The van der Waals surface area contributed by atoms with E-state index in [4.69, 9.17) is 24.4 Å². The molecule has 0 bridgehead atoms. The van der Waals surface area contributed by atoms with Crippen molar-refractivity contribution in [1.29, 1.82) is 0 Å². The van der Waals surface area contributed by atoms with Gasteiger partial charge in [0.1, 0.15) is 13.1 Å². The van der Waals surface area contributed by atoms with Crippen molar-refractivity contribution in [3.63, 3.8) is 0 Å². The molecule has 410 valence electrons. The average Bonchev–Trinajstić information content (AvgIpc) is 3.61. The lowest BCUT2D eigenvalue weighted by Gasteiger charge is -2.10. The molecule has 5 aromatic rings. The lowest BCUT2D eigenvalue weighted by molar-refractivity contribution is -0.107. The third-order valence-corrected chi connectivity index (χ3v) is 12.3. The molecule has 0 unspecified atom stereocenters. The lowest BCUT2D eigenvalue weighted by Crippen LogP contribution is -2.00. The van der Waals surface area contributed by atoms with Crippen LogP contribution in [-0.4, -0.2) is 56.8 Å². The van der Waals surface area contributed by atoms with Crippen molar-refractivity contribution in [3.05, 3.63) is 176 Å². The highest BCUT2D eigenvalue weighted by Gasteiger charge is 2.09. The highest BCUT2D eigenvalue weighted by atomic mass is 16.7. The molecule has 0 saturated heterocycles. The third-order valence-electron chi connectivity index (χ3n) is 12.3. The van der Waals surface area contributed by atoms with E-state index in [-0.39, 0.29) is 13.2 Å². The van der Waals surface area contributed by atoms with E-state index >= 15 is 0 Å². The van der Waals surface area contributed by atoms with E-state index in [9.17, 15) is 4.79 Å². The van der Waals surface area contributed by atoms with Crippen molar-refractivity contribution < 1.29 is 29.2 Å². The maximum Gasteiger partial charge on any atom is 0.146 e. The maximum atomic E-state index is 10.2. The number of fused-ring (bicyclic) bond motifs is 1. The van der Waals surface area contributed by atoms with Gasteiger partial charge in [-0.15, -0.1) is 0 Å². The fourth-order valence-electron chi connectivity index (χ4n) is 8.77. The van der Waals surface area contributed by atoms with Crippen LogP contribution in [0, 0.1) is 29.6 Å². The van der Waals surface area contributed by atoms with E-state index in [0.29, 0.717) is 19.1 Å². The van der Waals surface area contributed by atoms with E-state index in [2.05, 4.69) is 184 Å². The van der Waals surface area contributed by atoms with Crippen LogP contribution < -0.4 is 0 Å². The van der Waals surface area contributed by atoms with Crippen molar-refractivity contribution in [2.45, 2.75) is 172 Å². The number of carbonyl (C=O) groups is 1. The van der Waals surface area contributed by atoms with Gasteiger partial charge in [0.2, 0.25) is 0 Å². The summed E-state index contributed by atoms with van der Waals surface area (Å²) in [5.74, 6) is 3.60. The molecule has 0 atom stereocenters. The van der Waals surface area contributed by atoms with E-state index < -0.39 is 0 Å². The largest absolute Gasteiger partial charge is 0.396 e. The molecule has 0 amide bonds. The Morgan fingerprint density at radius 1 is 0.473 bits per heavy atom. The number of rotatable bonds is 25. The van der Waals surface area contributed by atoms with Crippen molar-refractivity contribution in [2.24, 2.45) is 29.6 Å². The smallest absolute Gasteiger partial charge is 0.146 e. The first kappa shape index (κ1) is 65.7. The minimum absolute atomic E-state index is 0.285. The van der Waals surface area contributed by atoms with Gasteiger partial charge in [-0.25, -0.2) is 0 Å². The first-order chi connectivity index (χ1) is 35.6. The number of aliphatic hydroxyl groups is 2. The maximum absolute atomic E-state index is 10.2. The van der Waals surface area contributed by atoms with Gasteiger partial charge in [0.25, 0.3) is 0 Å². The molecule has 0 radical (unpaired) electrons. The summed E-state index contributed by atoms with van der Waals surface area (Å²) in [5.41, 5.74) is 15.3. The molecule has 1 aliphatic heterocycles. The average molecular weight is 1020 g/mol. The first-order valence-electron chi connectivity index (χ1n) is 28.4. The number of hydrogen-bond acceptors (Lipinski definition) is 6. The second-order valence-corrected chi connectivity index (χ2v) is 22.3. The molecule has 2 N–H and O–H groups in total. The molecule has 0 fully saturated rings. The predicted octanol–water partition coefficient (Wildman–Crippen LogP) is 15.4. The van der Waals surface area contributed by atoms with Crippen LogP contribution in [0.3, 0.4) is 0 Å². The van der Waals surface area contributed by atoms with Gasteiger partial charge in [-0.3, -0.25) is 0 Å². The van der Waals surface area contributed by atoms with Gasteiger partial charge in [-0.2, -0.15) is 0 Å². The van der Waals surface area contributed by atoms with Crippen LogP contribution in [0.25, 0.3) is 0 Å². The molecule has 1 aliphatic rings. The summed E-state index contributed by atoms with van der Waals surface area (Å²) >= 11 is 0. The van der Waals surface area contributed by atoms with Gasteiger partial charge in [-0.05, 0) is 181 Å². The Morgan fingerprint density at radius 2 is 0.824 bits per heavy atom. The van der Waals surface area contributed by atoms with Gasteiger partial charge in [0, 0.05) is 40.0 Å². The van der Waals surface area contributed by atoms with Crippen LogP contribution in [0.5, 0.6) is 0 Å². The quantitative estimate of drug-likeness (QED) is 0.0344. The number of aryl methyl sites for hydroxylation is 5. The van der Waals surface area contributed by atoms with Crippen molar-refractivity contribution in [2.75, 3.05) is 40.3 Å². The van der Waals surface area contributed by atoms with E-state index in [1.165, 1.54) is 74.0 Å². The molecule has 0 aromatic heterocycles. The Hall–Kier alpha value is -4.43. The van der Waals surface area contributed by atoms with E-state index in [1.54, 1.807) is 7.11 Å². The summed E-state index contributed by atoms with van der Waals surface area (Å²) in [6.07, 6.45) is 16.4. The molecule has 1 heterocycles. The Balaban J connectivity index is 0.000000317. The summed E-state index contributed by atoms with van der Waals surface area (Å²) in [7, 11) is 1.65. The van der Waals surface area contributed by atoms with Crippen LogP contribution >= 0.6 is 0 Å². The molecule has 6 rings (SSSR count). The molecule has 0 spiro atoms. The van der Waals surface area contributed by atoms with Crippen LogP contribution in [0.2, 0.25) is 0 Å². The summed E-state index contributed by atoms with van der Waals surface area (Å²) < 4.78 is 15.7. The SMILES string of the molecule is CC(C)Cc1ccc(CCC=O)cc1.CC(C)Cc1ccc(CCCO)cc1.CC(C)Cc1ccc(CCCO)cc1.CC(C)Cc1ccc2c(c1)COCCC2.COCOCCCc1ccc(CC(C)C)cc1. The summed E-state index contributed by atoms with van der Waals surface area (Å²) in [6.45, 7) is 25.9. The van der Waals surface area contributed by atoms with Crippen molar-refractivity contribution in [3.8, 4) is 0 Å². The fraction of sp³-hybridized carbons (Fsp3) is 0.544. The fourth-order valence-corrected chi connectivity index (χ4v) is 8.77. The van der Waals surface area contributed by atoms with Crippen LogP contribution in [0.15, 0.2) is 115 Å². The third kappa shape index (κ3) is 32.8. The first-order valence-corrected chi connectivity index (χ1v) is 28.4. The summed E-state index contributed by atoms with van der Waals surface area (Å²) in [5, 5.41) is 17.4. The van der Waals surface area contributed by atoms with E-state index in [0.717, 1.165) is 127 Å². The van der Waals surface area contributed by atoms with Crippen LogP contribution in [0.4, 0.5) is 0 Å². The standard InChI is InChI=1S/C15H24O2.C14H20O.2C13H20O.C13H18O/c1-13(2)11-15-8-6-14(7-9-15)5-4-10-17-12-16-3;1-11(2)8-12-5-6-13-4-3-7-15-10-14(13)9-12;3*1-11(2)10-13-7-5-12(6-8-13)4-3-9-14/h6-9,13H,4-5,10-12H2,1-3H3;5-6,9,11H,3-4,7-8,10H2,1-2H3;2*5-8,11,14H,3-4,9-10H2,1-2H3;5-9,11H,3-4,10H2,1-2H3. The highest BCUT2D eigenvalue weighted by Crippen LogP contribution is 2.21. The van der Waals surface area contributed by atoms with Gasteiger partial charge < -0.3 is 29.2 Å². The zero-order chi connectivity index (χ0) is 54.4. The topological polar surface area (TPSA) is 85.2 Å². The molecule has 0 saturated carbocycles. The molecule has 6 heteroatoms. The number of aliphatic hydroxyl groups excluding tert-OH is 2. The second kappa shape index (κ2) is 40.8. The zero-order valence-corrected chi connectivity index (χ0v) is 48.3. The minimum Gasteiger partial charge on any atom is -0.396 e. The van der Waals surface area contributed by atoms with Gasteiger partial charge >= 0.3 is 0 Å². The number of benzene rings is 5. The molecule has 0 aliphatic carbocycles. The van der Waals surface area contributed by atoms with Crippen LogP contribution in [-0.2, 0) is 89.8 Å². The Bertz CT molecular complexity index is 2040. The highest BCUT2D eigenvalue weighted by molar-refractivity contribution is 5.50. The number of hydrogen-bond donors (Lipinski definition) is 2. The number of methoxy groups -OCH3 is 1. The monoisotopic (exact) mass is 1010 g/mol. The number of aldehydes is 1. The minimum atomic E-state index is 0.285. The number of ether oxygens (including phenoxy) is 3. The Labute approximate surface area is 452 Å². The summed E-state index contributed by atoms with van der Waals surface area (Å²) in [6, 6.07) is 41.9. The molecule has 74 heavy (non-hydrogen) atoms. The molecular formula is C68H102O6. The van der Waals surface area contributed by atoms with Gasteiger partial charge in [0.15, 0.2) is 0 Å². The predicted molar refractivity (Wildman–Crippen MR) is 314 cm³/mol. The van der Waals surface area contributed by atoms with Crippen LogP contribution in [0.1, 0.15) is 163 Å². The van der Waals surface area contributed by atoms with Crippen molar-refractivity contribution in [1.82, 2.24) is 0 Å². The van der Waals surface area contributed by atoms with Gasteiger partial charge in [0.05, 0.1) is 6.61 Å². The Kier molecular flexibility index (Phi) is 36.2. The molecular weight excluding hydrogens is 913 g/mol. The lowest BCUT2D eigenvalue weighted by atomic mass is 9.97. The number of carbonyl (C=O) groups excluding carboxylic acids is 1. The van der Waals surface area contributed by atoms with Gasteiger partial charge in [-0.1, -0.05) is 184 Å². The Morgan fingerprint density at radius 3 is 1.19 bits per heavy atom. The normalized spacial score (nSPS) is 11.9. The second-order valence-electron chi connectivity index (χ2n) is 22.3. The molecule has 5 aromatic carbocycles. The van der Waals surface area contributed by atoms with E-state index in [1.807, 2.05) is 0 Å². The zero-order valence-electron chi connectivity index (χ0n) is 48.3. The molecule has 6 nitrogen and oxygen atoms in total.